The van der Waals surface area contributed by atoms with Crippen LogP contribution < -0.4 is 5.32 Å². The van der Waals surface area contributed by atoms with Crippen LogP contribution >= 0.6 is 15.2 Å². The summed E-state index contributed by atoms with van der Waals surface area (Å²) in [6, 6.07) is 18.7. The van der Waals surface area contributed by atoms with E-state index < -0.39 is 20.6 Å². The molecule has 3 N–H and O–H groups in total. The molecule has 2 aromatic carbocycles. The number of allylic oxidation sites excluding steroid dienone is 1. The van der Waals surface area contributed by atoms with E-state index in [0.29, 0.717) is 0 Å². The van der Waals surface area contributed by atoms with Gasteiger partial charge in [0, 0.05) is 26.2 Å². The SMILES string of the molecule is COP(=O)(OC)C(CCNC1CC=CCC1c1ccc(C=Cc2ccccc2)cc1)P(=O)(O)O. The molecule has 0 saturated carbocycles. The Morgan fingerprint density at radius 3 is 2.12 bits per heavy atom. The maximum absolute atomic E-state index is 12.7. The van der Waals surface area contributed by atoms with Gasteiger partial charge in [0.05, 0.1) is 0 Å². The van der Waals surface area contributed by atoms with Gasteiger partial charge in [-0.15, -0.1) is 0 Å². The van der Waals surface area contributed by atoms with Crippen LogP contribution in [0.3, 0.4) is 0 Å². The lowest BCUT2D eigenvalue weighted by Gasteiger charge is -2.31. The molecule has 0 aliphatic heterocycles. The van der Waals surface area contributed by atoms with Crippen LogP contribution in [0.5, 0.6) is 0 Å². The topological polar surface area (TPSA) is 105 Å². The Bertz CT molecular complexity index is 1060. The molecule has 0 amide bonds. The Morgan fingerprint density at radius 1 is 0.941 bits per heavy atom. The zero-order valence-electron chi connectivity index (χ0n) is 19.5. The summed E-state index contributed by atoms with van der Waals surface area (Å²) in [5.74, 6) is 0.224. The van der Waals surface area contributed by atoms with Crippen molar-refractivity contribution in [2.45, 2.75) is 36.6 Å². The minimum Gasteiger partial charge on any atom is -0.324 e. The Balaban J connectivity index is 1.65. The molecular weight excluding hydrogens is 472 g/mol. The highest BCUT2D eigenvalue weighted by Crippen LogP contribution is 2.66. The van der Waals surface area contributed by atoms with Gasteiger partial charge in [-0.2, -0.15) is 0 Å². The van der Waals surface area contributed by atoms with Crippen molar-refractivity contribution < 1.29 is 28.0 Å². The maximum Gasteiger partial charge on any atom is 0.345 e. The Hall–Kier alpha value is -1.82. The Kier molecular flexibility index (Phi) is 9.64. The van der Waals surface area contributed by atoms with Gasteiger partial charge in [-0.25, -0.2) is 0 Å². The molecule has 9 heteroatoms. The maximum atomic E-state index is 12.7. The van der Waals surface area contributed by atoms with Gasteiger partial charge in [0.1, 0.15) is 0 Å². The zero-order chi connectivity index (χ0) is 24.6. The molecule has 184 valence electrons. The molecule has 3 atom stereocenters. The molecule has 2 aromatic rings. The van der Waals surface area contributed by atoms with E-state index in [4.69, 9.17) is 9.05 Å². The Labute approximate surface area is 201 Å². The first kappa shape index (κ1) is 26.8. The molecule has 1 aliphatic carbocycles. The van der Waals surface area contributed by atoms with E-state index in [9.17, 15) is 18.9 Å². The van der Waals surface area contributed by atoms with Gasteiger partial charge in [0.2, 0.25) is 0 Å². The van der Waals surface area contributed by atoms with Gasteiger partial charge in [0.15, 0.2) is 5.40 Å². The highest BCUT2D eigenvalue weighted by atomic mass is 31.2. The zero-order valence-corrected chi connectivity index (χ0v) is 21.3. The molecule has 3 rings (SSSR count). The standard InChI is InChI=1S/C25H33NO6P2/c1-31-34(30,32-2)25(33(27,28)29)18-19-26-24-11-7-6-10-23(24)22-16-14-21(15-17-22)13-12-20-8-4-3-5-9-20/h3-9,12-17,23-26H,10-11,18-19H2,1-2H3,(H2,27,28,29). The van der Waals surface area contributed by atoms with Gasteiger partial charge in [-0.1, -0.05) is 78.9 Å². The molecule has 7 nitrogen and oxygen atoms in total. The van der Waals surface area contributed by atoms with Gasteiger partial charge in [-0.05, 0) is 42.5 Å². The van der Waals surface area contributed by atoms with Crippen molar-refractivity contribution >= 4 is 27.3 Å². The largest absolute Gasteiger partial charge is 0.345 e. The van der Waals surface area contributed by atoms with E-state index in [1.54, 1.807) is 0 Å². The van der Waals surface area contributed by atoms with Crippen molar-refractivity contribution in [3.8, 4) is 0 Å². The first-order valence-corrected chi connectivity index (χ1v) is 14.5. The van der Waals surface area contributed by atoms with Crippen molar-refractivity contribution in [3.63, 3.8) is 0 Å². The second-order valence-electron chi connectivity index (χ2n) is 8.28. The summed E-state index contributed by atoms with van der Waals surface area (Å²) >= 11 is 0. The molecule has 0 bridgehead atoms. The van der Waals surface area contributed by atoms with Crippen molar-refractivity contribution in [2.24, 2.45) is 0 Å². The van der Waals surface area contributed by atoms with Gasteiger partial charge >= 0.3 is 15.2 Å². The average Bonchev–Trinajstić information content (AvgIpc) is 2.85. The highest BCUT2D eigenvalue weighted by molar-refractivity contribution is 7.71. The third kappa shape index (κ3) is 7.10. The number of nitrogens with one attached hydrogen (secondary N) is 1. The van der Waals surface area contributed by atoms with Gasteiger partial charge in [0.25, 0.3) is 0 Å². The minimum absolute atomic E-state index is 0.0284. The predicted octanol–water partition coefficient (Wildman–Crippen LogP) is 5.63. The fourth-order valence-corrected chi connectivity index (χ4v) is 7.83. The summed E-state index contributed by atoms with van der Waals surface area (Å²) in [4.78, 5) is 19.4. The lowest BCUT2D eigenvalue weighted by Crippen LogP contribution is -2.37. The second-order valence-corrected chi connectivity index (χ2v) is 12.9. The number of benzene rings is 2. The van der Waals surface area contributed by atoms with E-state index in [-0.39, 0.29) is 24.9 Å². The van der Waals surface area contributed by atoms with E-state index >= 15 is 0 Å². The summed E-state index contributed by atoms with van der Waals surface area (Å²) in [5.41, 5.74) is 3.46. The fourth-order valence-electron chi connectivity index (χ4n) is 4.25. The fraction of sp³-hybridized carbons (Fsp3) is 0.360. The van der Waals surface area contributed by atoms with E-state index in [2.05, 4.69) is 66.0 Å². The molecule has 0 heterocycles. The average molecular weight is 505 g/mol. The quantitative estimate of drug-likeness (QED) is 0.207. The minimum atomic E-state index is -4.68. The van der Waals surface area contributed by atoms with Crippen molar-refractivity contribution in [1.29, 1.82) is 0 Å². The normalized spacial score (nSPS) is 20.0. The van der Waals surface area contributed by atoms with Crippen LogP contribution in [0, 0.1) is 0 Å². The van der Waals surface area contributed by atoms with Crippen molar-refractivity contribution in [3.05, 3.63) is 83.4 Å². The number of hydrogen-bond donors (Lipinski definition) is 3. The molecule has 0 fully saturated rings. The molecule has 0 radical (unpaired) electrons. The number of rotatable bonds is 11. The summed E-state index contributed by atoms with van der Waals surface area (Å²) in [6.07, 6.45) is 10.1. The summed E-state index contributed by atoms with van der Waals surface area (Å²) in [5, 5.41) is 1.91. The highest BCUT2D eigenvalue weighted by Gasteiger charge is 2.46. The molecule has 34 heavy (non-hydrogen) atoms. The van der Waals surface area contributed by atoms with E-state index in [1.807, 2.05) is 18.2 Å². The smallest absolute Gasteiger partial charge is 0.324 e. The van der Waals surface area contributed by atoms with Crippen LogP contribution in [0.25, 0.3) is 12.2 Å². The van der Waals surface area contributed by atoms with Crippen LogP contribution in [0.2, 0.25) is 0 Å². The van der Waals surface area contributed by atoms with Crippen LogP contribution in [-0.4, -0.2) is 42.0 Å². The van der Waals surface area contributed by atoms with Crippen LogP contribution in [0.4, 0.5) is 0 Å². The first-order chi connectivity index (χ1) is 16.3. The Morgan fingerprint density at radius 2 is 1.53 bits per heavy atom. The predicted molar refractivity (Wildman–Crippen MR) is 137 cm³/mol. The monoisotopic (exact) mass is 505 g/mol. The van der Waals surface area contributed by atoms with Crippen LogP contribution in [0.15, 0.2) is 66.7 Å². The molecule has 1 aliphatic rings. The van der Waals surface area contributed by atoms with E-state index in [1.165, 1.54) is 5.56 Å². The summed E-state index contributed by atoms with van der Waals surface area (Å²) < 4.78 is 34.3. The lowest BCUT2D eigenvalue weighted by molar-refractivity contribution is 0.263. The number of hydrogen-bond acceptors (Lipinski definition) is 5. The van der Waals surface area contributed by atoms with Crippen LogP contribution in [-0.2, 0) is 18.2 Å². The molecular formula is C25H33NO6P2. The second kappa shape index (κ2) is 12.2. The molecule has 0 aromatic heterocycles. The van der Waals surface area contributed by atoms with Crippen molar-refractivity contribution in [2.75, 3.05) is 20.8 Å². The third-order valence-electron chi connectivity index (χ3n) is 6.14. The molecule has 0 saturated heterocycles. The van der Waals surface area contributed by atoms with E-state index in [0.717, 1.165) is 38.2 Å². The molecule has 0 spiro atoms. The third-order valence-corrected chi connectivity index (χ3v) is 10.9. The van der Waals surface area contributed by atoms with Crippen LogP contribution in [0.1, 0.15) is 41.9 Å². The lowest BCUT2D eigenvalue weighted by atomic mass is 9.83. The summed E-state index contributed by atoms with van der Waals surface area (Å²) in [6.45, 7) is 0.277. The molecule has 3 unspecified atom stereocenters. The van der Waals surface area contributed by atoms with Crippen molar-refractivity contribution in [1.82, 2.24) is 5.32 Å². The van der Waals surface area contributed by atoms with Gasteiger partial charge < -0.3 is 24.2 Å². The first-order valence-electron chi connectivity index (χ1n) is 11.2. The van der Waals surface area contributed by atoms with Gasteiger partial charge in [-0.3, -0.25) is 9.13 Å². The summed E-state index contributed by atoms with van der Waals surface area (Å²) in [7, 11) is -6.32.